The average Bonchev–Trinajstić information content (AvgIpc) is 3.61. The Morgan fingerprint density at radius 2 is 1.00 bits per heavy atom. The first kappa shape index (κ1) is 25.0. The monoisotopic (exact) mass is 557 g/mol. The summed E-state index contributed by atoms with van der Waals surface area (Å²) in [6.45, 7) is 0.284. The lowest BCUT2D eigenvalue weighted by molar-refractivity contribution is 1.18. The van der Waals surface area contributed by atoms with Crippen molar-refractivity contribution < 1.29 is 0 Å². The SMILES string of the molecule is C(=C\c1ccc(-n2c3ccccc3c3c4ccccc4ccc32)cc1)/c1ccc(B2c3ccccc3-c3ccccc32)cc1. The van der Waals surface area contributed by atoms with Crippen molar-refractivity contribution in [2.24, 2.45) is 0 Å². The standard InChI is InChI=1S/C42H28BN/c1-2-10-34-31(9-1)23-28-41-42(34)37-13-5-8-16-40(37)44(41)33-26-21-30(22-27-33)18-17-29-19-24-32(25-20-29)43-38-14-6-3-11-35(38)36-12-4-7-15-39(36)43/h1-28H/b18-17+. The fourth-order valence-corrected chi connectivity index (χ4v) is 7.26. The van der Waals surface area contributed by atoms with Crippen LogP contribution in [-0.4, -0.2) is 11.3 Å². The molecule has 7 aromatic carbocycles. The highest BCUT2D eigenvalue weighted by atomic mass is 15.0. The Kier molecular flexibility index (Phi) is 5.67. The lowest BCUT2D eigenvalue weighted by Gasteiger charge is -2.11. The summed E-state index contributed by atoms with van der Waals surface area (Å²) >= 11 is 0. The van der Waals surface area contributed by atoms with Gasteiger partial charge in [0.05, 0.1) is 11.0 Å². The first-order valence-corrected chi connectivity index (χ1v) is 15.3. The molecule has 0 amide bonds. The van der Waals surface area contributed by atoms with Gasteiger partial charge in [-0.1, -0.05) is 162 Å². The van der Waals surface area contributed by atoms with E-state index in [1.54, 1.807) is 0 Å². The van der Waals surface area contributed by atoms with E-state index in [2.05, 4.69) is 174 Å². The van der Waals surface area contributed by atoms with Gasteiger partial charge in [-0.05, 0) is 57.3 Å². The van der Waals surface area contributed by atoms with Crippen LogP contribution in [0.25, 0.3) is 61.5 Å². The number of hydrogen-bond acceptors (Lipinski definition) is 0. The van der Waals surface area contributed by atoms with Crippen molar-refractivity contribution in [2.45, 2.75) is 0 Å². The summed E-state index contributed by atoms with van der Waals surface area (Å²) in [5.74, 6) is 0. The van der Waals surface area contributed by atoms with Crippen molar-refractivity contribution in [1.29, 1.82) is 0 Å². The molecule has 204 valence electrons. The van der Waals surface area contributed by atoms with Gasteiger partial charge in [-0.2, -0.15) is 0 Å². The Hall–Kier alpha value is -5.60. The smallest absolute Gasteiger partial charge is 0.242 e. The van der Waals surface area contributed by atoms with Gasteiger partial charge >= 0.3 is 0 Å². The minimum absolute atomic E-state index is 0.284. The van der Waals surface area contributed by atoms with E-state index in [9.17, 15) is 0 Å². The minimum Gasteiger partial charge on any atom is -0.309 e. The van der Waals surface area contributed by atoms with Gasteiger partial charge < -0.3 is 4.57 Å². The van der Waals surface area contributed by atoms with Crippen molar-refractivity contribution in [2.75, 3.05) is 0 Å². The number of hydrogen-bond donors (Lipinski definition) is 0. The van der Waals surface area contributed by atoms with Crippen LogP contribution in [0.15, 0.2) is 158 Å². The van der Waals surface area contributed by atoms with Gasteiger partial charge in [0.2, 0.25) is 6.71 Å². The number of nitrogens with zero attached hydrogens (tertiary/aromatic N) is 1. The number of rotatable bonds is 4. The topological polar surface area (TPSA) is 4.93 Å². The molecule has 2 heterocycles. The van der Waals surface area contributed by atoms with Crippen molar-refractivity contribution >= 4 is 67.8 Å². The summed E-state index contributed by atoms with van der Waals surface area (Å²) in [7, 11) is 0. The molecule has 2 heteroatoms. The van der Waals surface area contributed by atoms with Gasteiger partial charge in [-0.15, -0.1) is 0 Å². The minimum atomic E-state index is 0.284. The Labute approximate surface area is 257 Å². The molecule has 1 aliphatic heterocycles. The zero-order valence-corrected chi connectivity index (χ0v) is 24.2. The summed E-state index contributed by atoms with van der Waals surface area (Å²) in [4.78, 5) is 0. The van der Waals surface area contributed by atoms with Crippen LogP contribution in [0.5, 0.6) is 0 Å². The van der Waals surface area contributed by atoms with E-state index in [-0.39, 0.29) is 6.71 Å². The molecule has 1 aliphatic rings. The number of fused-ring (bicyclic) bond motifs is 8. The molecule has 0 atom stereocenters. The molecule has 44 heavy (non-hydrogen) atoms. The van der Waals surface area contributed by atoms with Crippen molar-refractivity contribution in [1.82, 2.24) is 4.57 Å². The maximum atomic E-state index is 2.39. The van der Waals surface area contributed by atoms with Gasteiger partial charge in [-0.3, -0.25) is 0 Å². The second-order valence-corrected chi connectivity index (χ2v) is 11.7. The zero-order chi connectivity index (χ0) is 29.0. The van der Waals surface area contributed by atoms with Crippen LogP contribution in [0.1, 0.15) is 11.1 Å². The van der Waals surface area contributed by atoms with Crippen LogP contribution in [-0.2, 0) is 0 Å². The van der Waals surface area contributed by atoms with E-state index >= 15 is 0 Å². The number of para-hydroxylation sites is 1. The summed E-state index contributed by atoms with van der Waals surface area (Å²) < 4.78 is 2.39. The first-order chi connectivity index (χ1) is 21.8. The Morgan fingerprint density at radius 1 is 0.432 bits per heavy atom. The van der Waals surface area contributed by atoms with Crippen LogP contribution in [0.4, 0.5) is 0 Å². The second-order valence-electron chi connectivity index (χ2n) is 11.7. The predicted octanol–water partition coefficient (Wildman–Crippen LogP) is 8.60. The van der Waals surface area contributed by atoms with E-state index in [1.165, 1.54) is 76.9 Å². The molecule has 9 rings (SSSR count). The maximum Gasteiger partial charge on any atom is 0.242 e. The van der Waals surface area contributed by atoms with Gasteiger partial charge in [0, 0.05) is 16.5 Å². The van der Waals surface area contributed by atoms with E-state index in [1.807, 2.05) is 0 Å². The third-order valence-corrected chi connectivity index (χ3v) is 9.29. The van der Waals surface area contributed by atoms with Crippen molar-refractivity contribution in [3.8, 4) is 16.8 Å². The van der Waals surface area contributed by atoms with E-state index < -0.39 is 0 Å². The quantitative estimate of drug-likeness (QED) is 0.151. The molecule has 0 radical (unpaired) electrons. The number of aromatic nitrogens is 1. The van der Waals surface area contributed by atoms with Gasteiger partial charge in [-0.25, -0.2) is 0 Å². The summed E-state index contributed by atoms with van der Waals surface area (Å²) in [6.07, 6.45) is 4.42. The highest BCUT2D eigenvalue weighted by Gasteiger charge is 2.32. The summed E-state index contributed by atoms with van der Waals surface area (Å²) in [5.41, 5.74) is 12.9. The first-order valence-electron chi connectivity index (χ1n) is 15.3. The van der Waals surface area contributed by atoms with Gasteiger partial charge in [0.25, 0.3) is 0 Å². The molecular formula is C42H28BN. The molecule has 0 aliphatic carbocycles. The maximum absolute atomic E-state index is 2.39. The van der Waals surface area contributed by atoms with Crippen molar-refractivity contribution in [3.63, 3.8) is 0 Å². The molecule has 0 N–H and O–H groups in total. The third-order valence-electron chi connectivity index (χ3n) is 9.29. The molecule has 0 fully saturated rings. The fraction of sp³-hybridized carbons (Fsp3) is 0. The predicted molar refractivity (Wildman–Crippen MR) is 190 cm³/mol. The van der Waals surface area contributed by atoms with E-state index in [4.69, 9.17) is 0 Å². The molecule has 0 spiro atoms. The van der Waals surface area contributed by atoms with E-state index in [0.29, 0.717) is 0 Å². The van der Waals surface area contributed by atoms with Crippen LogP contribution in [0.2, 0.25) is 0 Å². The molecule has 0 unspecified atom stereocenters. The second kappa shape index (κ2) is 10.0. The molecule has 8 aromatic rings. The average molecular weight is 558 g/mol. The Balaban J connectivity index is 1.02. The van der Waals surface area contributed by atoms with E-state index in [0.717, 1.165) is 0 Å². The highest BCUT2D eigenvalue weighted by molar-refractivity contribution is 6.99. The summed E-state index contributed by atoms with van der Waals surface area (Å²) in [5, 5.41) is 5.17. The lowest BCUT2D eigenvalue weighted by atomic mass is 9.39. The Morgan fingerprint density at radius 3 is 1.70 bits per heavy atom. The molecule has 1 nitrogen and oxygen atoms in total. The van der Waals surface area contributed by atoms with Crippen LogP contribution in [0.3, 0.4) is 0 Å². The summed E-state index contributed by atoms with van der Waals surface area (Å²) in [6, 6.07) is 57.5. The van der Waals surface area contributed by atoms with Crippen molar-refractivity contribution in [3.05, 3.63) is 169 Å². The van der Waals surface area contributed by atoms with Crippen LogP contribution >= 0.6 is 0 Å². The lowest BCUT2D eigenvalue weighted by Crippen LogP contribution is -2.48. The third kappa shape index (κ3) is 3.88. The van der Waals surface area contributed by atoms with Crippen LogP contribution in [0, 0.1) is 0 Å². The van der Waals surface area contributed by atoms with Crippen LogP contribution < -0.4 is 16.4 Å². The fourth-order valence-electron chi connectivity index (χ4n) is 7.26. The van der Waals surface area contributed by atoms with Gasteiger partial charge in [0.1, 0.15) is 0 Å². The molecular weight excluding hydrogens is 529 g/mol. The van der Waals surface area contributed by atoms with Gasteiger partial charge in [0.15, 0.2) is 0 Å². The molecule has 0 saturated heterocycles. The molecule has 0 saturated carbocycles. The Bertz CT molecular complexity index is 2330. The zero-order valence-electron chi connectivity index (χ0n) is 24.2. The number of benzene rings is 7. The normalized spacial score (nSPS) is 12.4. The largest absolute Gasteiger partial charge is 0.309 e. The molecule has 0 bridgehead atoms. The molecule has 1 aromatic heterocycles. The highest BCUT2D eigenvalue weighted by Crippen LogP contribution is 2.36.